The second kappa shape index (κ2) is 2.85. The lowest BCUT2D eigenvalue weighted by atomic mass is 10.2. The second-order valence-corrected chi connectivity index (χ2v) is 3.78. The van der Waals surface area contributed by atoms with Gasteiger partial charge in [-0.05, 0) is 18.2 Å². The fourth-order valence-corrected chi connectivity index (χ4v) is 2.05. The van der Waals surface area contributed by atoms with Crippen LogP contribution in [-0.2, 0) is 0 Å². The minimum atomic E-state index is -0.122. The highest BCUT2D eigenvalue weighted by Gasteiger charge is 2.07. The van der Waals surface area contributed by atoms with Crippen LogP contribution in [0.3, 0.4) is 0 Å². The predicted molar refractivity (Wildman–Crippen MR) is 61.4 cm³/mol. The van der Waals surface area contributed by atoms with Crippen LogP contribution in [0.1, 0.15) is 4.11 Å². The third kappa shape index (κ3) is 1.01. The molecule has 3 rings (SSSR count). The van der Waals surface area contributed by atoms with Gasteiger partial charge in [0.25, 0.3) is 0 Å². The molecular formula is C12H7BrO. The highest BCUT2D eigenvalue weighted by Crippen LogP contribution is 2.33. The average Bonchev–Trinajstić information content (AvgIpc) is 2.73. The molecule has 1 heterocycles. The SMILES string of the molecule is [2H]c1c([2H])c(Br)c2c(oc3ccccc32)c1[2H]. The molecule has 0 atom stereocenters. The first-order valence-electron chi connectivity index (χ1n) is 5.67. The van der Waals surface area contributed by atoms with Gasteiger partial charge in [0.05, 0.1) is 4.11 Å². The van der Waals surface area contributed by atoms with Gasteiger partial charge in [0.2, 0.25) is 0 Å². The topological polar surface area (TPSA) is 13.1 Å². The Balaban J connectivity index is 2.67. The lowest BCUT2D eigenvalue weighted by molar-refractivity contribution is 0.669. The number of fused-ring (bicyclic) bond motifs is 3. The van der Waals surface area contributed by atoms with E-state index >= 15 is 0 Å². The summed E-state index contributed by atoms with van der Waals surface area (Å²) >= 11 is 3.32. The fraction of sp³-hybridized carbons (Fsp3) is 0. The molecule has 0 radical (unpaired) electrons. The Kier molecular flexibility index (Phi) is 1.13. The van der Waals surface area contributed by atoms with Gasteiger partial charge in [-0.25, -0.2) is 0 Å². The van der Waals surface area contributed by atoms with Gasteiger partial charge in [0, 0.05) is 15.2 Å². The molecule has 0 unspecified atom stereocenters. The summed E-state index contributed by atoms with van der Waals surface area (Å²) in [5, 5.41) is 1.56. The summed E-state index contributed by atoms with van der Waals surface area (Å²) in [6.45, 7) is 0. The molecule has 0 fully saturated rings. The zero-order valence-electron chi connectivity index (χ0n) is 10.1. The molecule has 14 heavy (non-hydrogen) atoms. The summed E-state index contributed by atoms with van der Waals surface area (Å²) in [6, 6.07) is 7.29. The molecular weight excluding hydrogens is 240 g/mol. The van der Waals surface area contributed by atoms with Gasteiger partial charge in [0.15, 0.2) is 0 Å². The molecule has 0 bridgehead atoms. The average molecular weight is 250 g/mol. The summed E-state index contributed by atoms with van der Waals surface area (Å²) in [6.07, 6.45) is 0. The van der Waals surface area contributed by atoms with E-state index in [1.807, 2.05) is 24.3 Å². The molecule has 0 spiro atoms. The second-order valence-electron chi connectivity index (χ2n) is 2.99. The van der Waals surface area contributed by atoms with E-state index in [1.54, 1.807) is 0 Å². The first-order chi connectivity index (χ1) is 8.11. The van der Waals surface area contributed by atoms with Crippen LogP contribution in [0.5, 0.6) is 0 Å². The van der Waals surface area contributed by atoms with Crippen molar-refractivity contribution in [2.24, 2.45) is 0 Å². The first kappa shape index (κ1) is 5.56. The Hall–Kier alpha value is -1.28. The molecule has 0 aliphatic rings. The van der Waals surface area contributed by atoms with Crippen molar-refractivity contribution in [3.63, 3.8) is 0 Å². The number of rotatable bonds is 0. The van der Waals surface area contributed by atoms with Crippen molar-refractivity contribution in [2.45, 2.75) is 0 Å². The van der Waals surface area contributed by atoms with E-state index in [4.69, 9.17) is 8.53 Å². The van der Waals surface area contributed by atoms with Crippen molar-refractivity contribution < 1.29 is 8.53 Å². The third-order valence-corrected chi connectivity index (χ3v) is 2.76. The van der Waals surface area contributed by atoms with Crippen LogP contribution in [0.2, 0.25) is 0 Å². The molecule has 2 heteroatoms. The van der Waals surface area contributed by atoms with Crippen LogP contribution in [0.4, 0.5) is 0 Å². The Morgan fingerprint density at radius 2 is 2.00 bits per heavy atom. The minimum Gasteiger partial charge on any atom is -0.456 e. The van der Waals surface area contributed by atoms with E-state index in [9.17, 15) is 0 Å². The number of hydrogen-bond acceptors (Lipinski definition) is 1. The molecule has 0 aliphatic heterocycles. The highest BCUT2D eigenvalue weighted by molar-refractivity contribution is 9.10. The molecule has 0 saturated heterocycles. The lowest BCUT2D eigenvalue weighted by Crippen LogP contribution is -1.67. The lowest BCUT2D eigenvalue weighted by Gasteiger charge is -1.91. The van der Waals surface area contributed by atoms with Gasteiger partial charge in [0.1, 0.15) is 11.2 Å². The molecule has 3 aromatic rings. The molecule has 0 N–H and O–H groups in total. The number of halogens is 1. The minimum absolute atomic E-state index is 0.0223. The first-order valence-corrected chi connectivity index (χ1v) is 4.97. The number of para-hydroxylation sites is 1. The number of furan rings is 1. The largest absolute Gasteiger partial charge is 0.456 e. The van der Waals surface area contributed by atoms with E-state index < -0.39 is 0 Å². The van der Waals surface area contributed by atoms with Crippen LogP contribution in [0.25, 0.3) is 21.9 Å². The van der Waals surface area contributed by atoms with E-state index in [0.29, 0.717) is 21.0 Å². The summed E-state index contributed by atoms with van der Waals surface area (Å²) in [5.41, 5.74) is 1.03. The zero-order chi connectivity index (χ0) is 12.2. The van der Waals surface area contributed by atoms with Crippen LogP contribution in [0, 0.1) is 0 Å². The van der Waals surface area contributed by atoms with E-state index in [-0.39, 0.29) is 18.1 Å². The van der Waals surface area contributed by atoms with Gasteiger partial charge in [-0.1, -0.05) is 40.2 Å². The van der Waals surface area contributed by atoms with E-state index in [1.165, 1.54) is 0 Å². The maximum absolute atomic E-state index is 7.84. The summed E-state index contributed by atoms with van der Waals surface area (Å²) in [5.74, 6) is 0. The van der Waals surface area contributed by atoms with Gasteiger partial charge in [-0.2, -0.15) is 0 Å². The molecule has 0 amide bonds. The highest BCUT2D eigenvalue weighted by atomic mass is 79.9. The monoisotopic (exact) mass is 249 g/mol. The Morgan fingerprint density at radius 3 is 2.93 bits per heavy atom. The van der Waals surface area contributed by atoms with Crippen molar-refractivity contribution in [2.75, 3.05) is 0 Å². The Labute approximate surface area is 93.7 Å². The number of hydrogen-bond donors (Lipinski definition) is 0. The molecule has 1 nitrogen and oxygen atoms in total. The summed E-state index contributed by atoms with van der Waals surface area (Å²) in [7, 11) is 0. The zero-order valence-corrected chi connectivity index (χ0v) is 8.68. The quantitative estimate of drug-likeness (QED) is 0.578. The molecule has 1 aromatic heterocycles. The predicted octanol–water partition coefficient (Wildman–Crippen LogP) is 4.35. The maximum Gasteiger partial charge on any atom is 0.136 e. The normalized spacial score (nSPS) is 14.2. The smallest absolute Gasteiger partial charge is 0.136 e. The van der Waals surface area contributed by atoms with Crippen LogP contribution in [0.15, 0.2) is 51.3 Å². The van der Waals surface area contributed by atoms with Crippen molar-refractivity contribution >= 4 is 37.9 Å². The van der Waals surface area contributed by atoms with E-state index in [0.717, 1.165) is 5.39 Å². The van der Waals surface area contributed by atoms with Crippen LogP contribution >= 0.6 is 15.9 Å². The van der Waals surface area contributed by atoms with Gasteiger partial charge in [-0.15, -0.1) is 0 Å². The molecule has 0 saturated carbocycles. The van der Waals surface area contributed by atoms with Crippen molar-refractivity contribution in [1.29, 1.82) is 0 Å². The van der Waals surface area contributed by atoms with E-state index in [2.05, 4.69) is 15.9 Å². The fourth-order valence-electron chi connectivity index (χ4n) is 1.56. The summed E-state index contributed by atoms with van der Waals surface area (Å²) < 4.78 is 29.4. The van der Waals surface area contributed by atoms with Crippen LogP contribution in [-0.4, -0.2) is 0 Å². The van der Waals surface area contributed by atoms with Gasteiger partial charge < -0.3 is 4.42 Å². The van der Waals surface area contributed by atoms with Crippen molar-refractivity contribution in [3.05, 3.63) is 46.9 Å². The van der Waals surface area contributed by atoms with Crippen LogP contribution < -0.4 is 0 Å². The molecule has 0 aliphatic carbocycles. The van der Waals surface area contributed by atoms with Gasteiger partial charge >= 0.3 is 0 Å². The molecule has 68 valence electrons. The molecule has 2 aromatic carbocycles. The Morgan fingerprint density at radius 1 is 1.14 bits per heavy atom. The van der Waals surface area contributed by atoms with Crippen molar-refractivity contribution in [1.82, 2.24) is 0 Å². The third-order valence-electron chi connectivity index (χ3n) is 2.16. The maximum atomic E-state index is 7.84. The standard InChI is InChI=1S/C12H7BrO/c13-9-5-3-7-11-12(9)8-4-1-2-6-10(8)14-11/h1-7H/i3D,5D,7D. The Bertz CT molecular complexity index is 748. The summed E-state index contributed by atoms with van der Waals surface area (Å²) in [4.78, 5) is 0. The number of benzene rings is 2. The van der Waals surface area contributed by atoms with Gasteiger partial charge in [-0.3, -0.25) is 0 Å². The van der Waals surface area contributed by atoms with Crippen molar-refractivity contribution in [3.8, 4) is 0 Å².